The average Bonchev–Trinajstić information content (AvgIpc) is 2.81. The van der Waals surface area contributed by atoms with Crippen molar-refractivity contribution in [2.24, 2.45) is 0 Å². The molecule has 0 aliphatic rings. The Balaban J connectivity index is 1.68. The van der Waals surface area contributed by atoms with Gasteiger partial charge in [0.2, 0.25) is 0 Å². The second-order valence-corrected chi connectivity index (χ2v) is 10.8. The van der Waals surface area contributed by atoms with Gasteiger partial charge >= 0.3 is 13.8 Å². The van der Waals surface area contributed by atoms with Gasteiger partial charge < -0.3 is 0 Å². The van der Waals surface area contributed by atoms with E-state index in [2.05, 4.69) is 20.8 Å². The quantitative estimate of drug-likeness (QED) is 0.182. The van der Waals surface area contributed by atoms with E-state index in [9.17, 15) is 9.36 Å². The summed E-state index contributed by atoms with van der Waals surface area (Å²) in [4.78, 5) is 17.4. The molecule has 0 aliphatic carbocycles. The molecule has 3 aromatic carbocycles. The van der Waals surface area contributed by atoms with Crippen molar-refractivity contribution >= 4 is 13.8 Å². The zero-order chi connectivity index (χ0) is 24.8. The van der Waals surface area contributed by atoms with Gasteiger partial charge in [-0.1, -0.05) is 97.2 Å². The summed E-state index contributed by atoms with van der Waals surface area (Å²) in [7, 11) is -4.23. The fourth-order valence-corrected chi connectivity index (χ4v) is 3.92. The number of benzene rings is 3. The zero-order valence-corrected chi connectivity index (χ0v) is 21.1. The fraction of sp³-hybridized carbons (Fsp3) is 0.296. The third-order valence-corrected chi connectivity index (χ3v) is 6.36. The van der Waals surface area contributed by atoms with E-state index in [0.29, 0.717) is 0 Å². The molecule has 180 valence electrons. The van der Waals surface area contributed by atoms with Crippen LogP contribution in [0.15, 0.2) is 72.8 Å². The van der Waals surface area contributed by atoms with E-state index in [0.717, 1.165) is 27.8 Å². The third kappa shape index (κ3) is 7.64. The fourth-order valence-electron chi connectivity index (χ4n) is 2.99. The van der Waals surface area contributed by atoms with Crippen molar-refractivity contribution in [3.8, 4) is 0 Å². The molecule has 0 amide bonds. The van der Waals surface area contributed by atoms with Crippen LogP contribution < -0.4 is 0 Å². The van der Waals surface area contributed by atoms with Crippen LogP contribution in [0.3, 0.4) is 0 Å². The molecular formula is C27H31O6P. The Morgan fingerprint density at radius 2 is 1.18 bits per heavy atom. The van der Waals surface area contributed by atoms with Gasteiger partial charge in [0.05, 0.1) is 18.8 Å². The van der Waals surface area contributed by atoms with E-state index in [4.69, 9.17) is 18.6 Å². The Hall–Kier alpha value is -2.76. The molecule has 0 saturated heterocycles. The molecule has 0 unspecified atom stereocenters. The molecule has 0 bridgehead atoms. The lowest BCUT2D eigenvalue weighted by Crippen LogP contribution is -2.12. The number of aryl methyl sites for hydroxylation is 2. The first-order chi connectivity index (χ1) is 16.0. The average molecular weight is 483 g/mol. The molecular weight excluding hydrogens is 451 g/mol. The van der Waals surface area contributed by atoms with E-state index in [1.54, 1.807) is 12.1 Å². The maximum absolute atomic E-state index is 13.3. The van der Waals surface area contributed by atoms with E-state index < -0.39 is 13.8 Å². The molecule has 0 saturated carbocycles. The molecule has 34 heavy (non-hydrogen) atoms. The number of hydrogen-bond donors (Lipinski definition) is 0. The molecule has 0 fully saturated rings. The van der Waals surface area contributed by atoms with Crippen molar-refractivity contribution in [3.05, 3.63) is 106 Å². The van der Waals surface area contributed by atoms with Gasteiger partial charge in [-0.05, 0) is 48.1 Å². The number of carbonyl (C=O) groups is 1. The Labute approximate surface area is 201 Å². The van der Waals surface area contributed by atoms with E-state index in [1.165, 1.54) is 0 Å². The number of hydrogen-bond acceptors (Lipinski definition) is 6. The smallest absolute Gasteiger partial charge is 0.282 e. The van der Waals surface area contributed by atoms with Gasteiger partial charge in [-0.15, -0.1) is 0 Å². The highest BCUT2D eigenvalue weighted by Gasteiger charge is 2.31. The van der Waals surface area contributed by atoms with Crippen LogP contribution in [0, 0.1) is 13.8 Å². The van der Waals surface area contributed by atoms with Gasteiger partial charge in [0.15, 0.2) is 0 Å². The second-order valence-electron chi connectivity index (χ2n) is 9.24. The van der Waals surface area contributed by atoms with Crippen molar-refractivity contribution in [2.45, 2.75) is 53.2 Å². The van der Waals surface area contributed by atoms with E-state index in [1.807, 2.05) is 74.5 Å². The minimum Gasteiger partial charge on any atom is -0.282 e. The lowest BCUT2D eigenvalue weighted by Gasteiger charge is -2.19. The van der Waals surface area contributed by atoms with E-state index in [-0.39, 0.29) is 24.2 Å². The monoisotopic (exact) mass is 482 g/mol. The highest BCUT2D eigenvalue weighted by Crippen LogP contribution is 2.51. The molecule has 3 rings (SSSR count). The second kappa shape index (κ2) is 11.1. The number of phosphoric acid groups is 1. The molecule has 0 radical (unpaired) electrons. The summed E-state index contributed by atoms with van der Waals surface area (Å²) in [5.74, 6) is -0.793. The number of carbonyl (C=O) groups excluding carboxylic acids is 1. The van der Waals surface area contributed by atoms with Crippen molar-refractivity contribution in [2.75, 3.05) is 0 Å². The standard InChI is InChI=1S/C27H31O6P/c1-20-6-10-22(11-7-20)18-30-34(29,31-19-23-12-8-21(2)9-13-23)33-32-26(28)24-14-16-25(17-15-24)27(3,4)5/h6-17H,18-19H2,1-5H3. The third-order valence-electron chi connectivity index (χ3n) is 5.21. The lowest BCUT2D eigenvalue weighted by atomic mass is 9.87. The van der Waals surface area contributed by atoms with Crippen LogP contribution in [0.4, 0.5) is 0 Å². The topological polar surface area (TPSA) is 71.1 Å². The summed E-state index contributed by atoms with van der Waals surface area (Å²) in [6, 6.07) is 22.0. The Kier molecular flexibility index (Phi) is 8.45. The lowest BCUT2D eigenvalue weighted by molar-refractivity contribution is -0.174. The largest absolute Gasteiger partial charge is 0.511 e. The molecule has 0 aromatic heterocycles. The first-order valence-corrected chi connectivity index (χ1v) is 12.5. The summed E-state index contributed by atoms with van der Waals surface area (Å²) in [6.07, 6.45) is 0. The van der Waals surface area contributed by atoms with Gasteiger partial charge in [-0.2, -0.15) is 0 Å². The molecule has 0 atom stereocenters. The molecule has 0 heterocycles. The Morgan fingerprint density at radius 1 is 0.735 bits per heavy atom. The molecule has 0 N–H and O–H groups in total. The van der Waals surface area contributed by atoms with E-state index >= 15 is 0 Å². The summed E-state index contributed by atoms with van der Waals surface area (Å²) in [5, 5.41) is 0. The minimum atomic E-state index is -4.23. The van der Waals surface area contributed by atoms with Gasteiger partial charge in [0.25, 0.3) is 0 Å². The van der Waals surface area contributed by atoms with Crippen molar-refractivity contribution in [1.82, 2.24) is 0 Å². The normalized spacial score (nSPS) is 11.9. The number of phosphoric ester groups is 1. The highest BCUT2D eigenvalue weighted by atomic mass is 31.2. The predicted molar refractivity (Wildman–Crippen MR) is 131 cm³/mol. The summed E-state index contributed by atoms with van der Waals surface area (Å²) < 4.78 is 29.2. The van der Waals surface area contributed by atoms with Crippen LogP contribution in [0.1, 0.15) is 58.9 Å². The van der Waals surface area contributed by atoms with Crippen LogP contribution in [0.25, 0.3) is 0 Å². The van der Waals surface area contributed by atoms with Gasteiger partial charge in [0.1, 0.15) is 0 Å². The van der Waals surface area contributed by atoms with Crippen LogP contribution in [0.2, 0.25) is 0 Å². The number of rotatable bonds is 9. The Bertz CT molecular complexity index is 1080. The van der Waals surface area contributed by atoms with Crippen LogP contribution in [-0.4, -0.2) is 5.97 Å². The Morgan fingerprint density at radius 3 is 1.59 bits per heavy atom. The van der Waals surface area contributed by atoms with Crippen molar-refractivity contribution in [1.29, 1.82) is 0 Å². The maximum atomic E-state index is 13.3. The molecule has 6 nitrogen and oxygen atoms in total. The molecule has 0 aliphatic heterocycles. The van der Waals surface area contributed by atoms with Crippen molar-refractivity contribution in [3.63, 3.8) is 0 Å². The highest BCUT2D eigenvalue weighted by molar-refractivity contribution is 7.48. The minimum absolute atomic E-state index is 0.0384. The van der Waals surface area contributed by atoms with Gasteiger partial charge in [-0.3, -0.25) is 13.9 Å². The molecule has 0 spiro atoms. The van der Waals surface area contributed by atoms with Crippen LogP contribution in [-0.2, 0) is 41.8 Å². The summed E-state index contributed by atoms with van der Waals surface area (Å²) in [5.41, 5.74) is 5.00. The molecule has 3 aromatic rings. The van der Waals surface area contributed by atoms with Gasteiger partial charge in [-0.25, -0.2) is 9.36 Å². The van der Waals surface area contributed by atoms with Crippen molar-refractivity contribution < 1.29 is 28.0 Å². The van der Waals surface area contributed by atoms with Gasteiger partial charge in [0, 0.05) is 0 Å². The predicted octanol–water partition coefficient (Wildman–Crippen LogP) is 7.23. The van der Waals surface area contributed by atoms with Crippen LogP contribution >= 0.6 is 7.82 Å². The maximum Gasteiger partial charge on any atom is 0.511 e. The van der Waals surface area contributed by atoms with Crippen LogP contribution in [0.5, 0.6) is 0 Å². The SMILES string of the molecule is Cc1ccc(COP(=O)(OCc2ccc(C)cc2)OOC(=O)c2ccc(C(C)(C)C)cc2)cc1. The summed E-state index contributed by atoms with van der Waals surface area (Å²) in [6.45, 7) is 10.1. The first kappa shape index (κ1) is 25.9. The summed E-state index contributed by atoms with van der Waals surface area (Å²) >= 11 is 0. The molecule has 7 heteroatoms. The zero-order valence-electron chi connectivity index (χ0n) is 20.2. The first-order valence-electron chi connectivity index (χ1n) is 11.1.